The smallest absolute Gasteiger partial charge is 0.131 e. The van der Waals surface area contributed by atoms with Crippen molar-refractivity contribution in [2.75, 3.05) is 0 Å². The molecule has 0 unspecified atom stereocenters. The van der Waals surface area contributed by atoms with Gasteiger partial charge < -0.3 is 4.74 Å². The lowest BCUT2D eigenvalue weighted by molar-refractivity contribution is 0.107. The first kappa shape index (κ1) is 14.8. The lowest BCUT2D eigenvalue weighted by Crippen LogP contribution is -1.96. The summed E-state index contributed by atoms with van der Waals surface area (Å²) in [5.74, 6) is 0. The third-order valence-electron chi connectivity index (χ3n) is 2.18. The van der Waals surface area contributed by atoms with Crippen LogP contribution in [0.3, 0.4) is 0 Å². The van der Waals surface area contributed by atoms with Crippen molar-refractivity contribution in [1.82, 2.24) is 9.97 Å². The fourth-order valence-corrected chi connectivity index (χ4v) is 2.49. The van der Waals surface area contributed by atoms with Gasteiger partial charge in [0.2, 0.25) is 0 Å². The predicted octanol–water partition coefficient (Wildman–Crippen LogP) is 4.81. The quantitative estimate of drug-likeness (QED) is 0.751. The van der Waals surface area contributed by atoms with Crippen molar-refractivity contribution in [3.05, 3.63) is 56.0 Å². The van der Waals surface area contributed by atoms with Crippen LogP contribution >= 0.6 is 46.4 Å². The first-order chi connectivity index (χ1) is 9.02. The number of halogens is 4. The first-order valence-corrected chi connectivity index (χ1v) is 6.76. The van der Waals surface area contributed by atoms with Gasteiger partial charge in [0.25, 0.3) is 0 Å². The van der Waals surface area contributed by atoms with Crippen LogP contribution in [0.1, 0.15) is 11.1 Å². The molecule has 0 amide bonds. The predicted molar refractivity (Wildman–Crippen MR) is 77.0 cm³/mol. The van der Waals surface area contributed by atoms with Crippen LogP contribution in [-0.2, 0) is 18.0 Å². The van der Waals surface area contributed by atoms with Gasteiger partial charge in [0.15, 0.2) is 0 Å². The van der Waals surface area contributed by atoms with E-state index in [4.69, 9.17) is 51.1 Å². The summed E-state index contributed by atoms with van der Waals surface area (Å²) in [6.45, 7) is 0.721. The molecule has 0 N–H and O–H groups in total. The molecule has 0 fully saturated rings. The van der Waals surface area contributed by atoms with E-state index in [0.29, 0.717) is 33.8 Å². The summed E-state index contributed by atoms with van der Waals surface area (Å²) in [4.78, 5) is 7.71. The molecule has 0 aliphatic carbocycles. The fourth-order valence-electron chi connectivity index (χ4n) is 1.48. The maximum Gasteiger partial charge on any atom is 0.131 e. The zero-order valence-corrected chi connectivity index (χ0v) is 12.6. The highest BCUT2D eigenvalue weighted by Gasteiger charge is 2.02. The Morgan fingerprint density at radius 3 is 1.32 bits per heavy atom. The molecule has 100 valence electrons. The van der Waals surface area contributed by atoms with E-state index in [0.717, 1.165) is 11.1 Å². The summed E-state index contributed by atoms with van der Waals surface area (Å²) in [6, 6.07) is 6.78. The highest BCUT2D eigenvalue weighted by Crippen LogP contribution is 2.18. The SMILES string of the molecule is Clc1cc(COCc2cc(Cl)nc(Cl)c2)cc(Cl)n1. The van der Waals surface area contributed by atoms with E-state index < -0.39 is 0 Å². The van der Waals surface area contributed by atoms with E-state index in [-0.39, 0.29) is 0 Å². The zero-order chi connectivity index (χ0) is 13.8. The number of hydrogen-bond donors (Lipinski definition) is 0. The molecule has 2 rings (SSSR count). The van der Waals surface area contributed by atoms with Crippen LogP contribution in [0.5, 0.6) is 0 Å². The summed E-state index contributed by atoms with van der Waals surface area (Å²) in [6.07, 6.45) is 0. The molecule has 19 heavy (non-hydrogen) atoms. The molecular weight excluding hydrogens is 330 g/mol. The Labute approximate surface area is 130 Å². The summed E-state index contributed by atoms with van der Waals surface area (Å²) in [7, 11) is 0. The van der Waals surface area contributed by atoms with E-state index >= 15 is 0 Å². The molecular formula is C12H8Cl4N2O. The molecule has 2 aromatic heterocycles. The molecule has 7 heteroatoms. The van der Waals surface area contributed by atoms with Gasteiger partial charge in [-0.05, 0) is 35.4 Å². The minimum absolute atomic E-state index is 0.334. The second kappa shape index (κ2) is 6.73. The maximum absolute atomic E-state index is 5.79. The van der Waals surface area contributed by atoms with E-state index in [9.17, 15) is 0 Å². The molecule has 2 heterocycles. The molecule has 0 radical (unpaired) electrons. The molecule has 0 aliphatic heterocycles. The molecule has 0 saturated heterocycles. The standard InChI is InChI=1S/C12H8Cl4N2O/c13-9-1-7(2-10(14)17-9)5-19-6-8-3-11(15)18-12(16)4-8/h1-4H,5-6H2. The van der Waals surface area contributed by atoms with Crippen LogP contribution < -0.4 is 0 Å². The van der Waals surface area contributed by atoms with E-state index in [2.05, 4.69) is 9.97 Å². The van der Waals surface area contributed by atoms with Crippen LogP contribution in [0.15, 0.2) is 24.3 Å². The largest absolute Gasteiger partial charge is 0.372 e. The van der Waals surface area contributed by atoms with Crippen molar-refractivity contribution in [1.29, 1.82) is 0 Å². The highest BCUT2D eigenvalue weighted by molar-refractivity contribution is 6.33. The lowest BCUT2D eigenvalue weighted by Gasteiger charge is -2.06. The van der Waals surface area contributed by atoms with Crippen LogP contribution in [0.2, 0.25) is 20.6 Å². The molecule has 0 aromatic carbocycles. The first-order valence-electron chi connectivity index (χ1n) is 5.24. The molecule has 0 bridgehead atoms. The fraction of sp³-hybridized carbons (Fsp3) is 0.167. The third kappa shape index (κ3) is 4.79. The molecule has 0 atom stereocenters. The summed E-state index contributed by atoms with van der Waals surface area (Å²) in [5, 5.41) is 1.34. The number of ether oxygens (including phenoxy) is 1. The maximum atomic E-state index is 5.79. The van der Waals surface area contributed by atoms with Crippen molar-refractivity contribution in [3.63, 3.8) is 0 Å². The molecule has 3 nitrogen and oxygen atoms in total. The average molecular weight is 338 g/mol. The van der Waals surface area contributed by atoms with Gasteiger partial charge >= 0.3 is 0 Å². The van der Waals surface area contributed by atoms with Crippen molar-refractivity contribution < 1.29 is 4.74 Å². The van der Waals surface area contributed by atoms with Crippen LogP contribution in [0.25, 0.3) is 0 Å². The number of nitrogens with zero attached hydrogens (tertiary/aromatic N) is 2. The Balaban J connectivity index is 1.96. The van der Waals surface area contributed by atoms with E-state index in [1.807, 2.05) is 0 Å². The normalized spacial score (nSPS) is 10.7. The van der Waals surface area contributed by atoms with Gasteiger partial charge in [0.05, 0.1) is 13.2 Å². The number of aromatic nitrogens is 2. The van der Waals surface area contributed by atoms with E-state index in [1.165, 1.54) is 0 Å². The number of rotatable bonds is 4. The minimum atomic E-state index is 0.334. The lowest BCUT2D eigenvalue weighted by atomic mass is 10.3. The second-order valence-corrected chi connectivity index (χ2v) is 5.28. The Bertz CT molecular complexity index is 500. The molecule has 0 saturated carbocycles. The van der Waals surface area contributed by atoms with Crippen LogP contribution in [-0.4, -0.2) is 9.97 Å². The Morgan fingerprint density at radius 1 is 0.684 bits per heavy atom. The average Bonchev–Trinajstić information content (AvgIpc) is 2.26. The van der Waals surface area contributed by atoms with Gasteiger partial charge in [-0.2, -0.15) is 0 Å². The van der Waals surface area contributed by atoms with Gasteiger partial charge in [0.1, 0.15) is 20.6 Å². The summed E-state index contributed by atoms with van der Waals surface area (Å²) < 4.78 is 5.54. The molecule has 0 aliphatic rings. The minimum Gasteiger partial charge on any atom is -0.372 e. The molecule has 0 spiro atoms. The van der Waals surface area contributed by atoms with Gasteiger partial charge in [-0.3, -0.25) is 0 Å². The van der Waals surface area contributed by atoms with Crippen molar-refractivity contribution >= 4 is 46.4 Å². The van der Waals surface area contributed by atoms with Crippen molar-refractivity contribution in [3.8, 4) is 0 Å². The van der Waals surface area contributed by atoms with E-state index in [1.54, 1.807) is 24.3 Å². The highest BCUT2D eigenvalue weighted by atomic mass is 35.5. The number of hydrogen-bond acceptors (Lipinski definition) is 3. The Morgan fingerprint density at radius 2 is 1.00 bits per heavy atom. The monoisotopic (exact) mass is 336 g/mol. The molecule has 2 aromatic rings. The second-order valence-electron chi connectivity index (χ2n) is 3.73. The Kier molecular flexibility index (Phi) is 5.25. The van der Waals surface area contributed by atoms with Gasteiger partial charge in [0, 0.05) is 0 Å². The topological polar surface area (TPSA) is 35.0 Å². The van der Waals surface area contributed by atoms with Gasteiger partial charge in [-0.15, -0.1) is 0 Å². The van der Waals surface area contributed by atoms with Crippen molar-refractivity contribution in [2.45, 2.75) is 13.2 Å². The van der Waals surface area contributed by atoms with Gasteiger partial charge in [-0.1, -0.05) is 46.4 Å². The summed E-state index contributed by atoms with van der Waals surface area (Å²) in [5.41, 5.74) is 1.69. The zero-order valence-electron chi connectivity index (χ0n) is 9.54. The van der Waals surface area contributed by atoms with Gasteiger partial charge in [-0.25, -0.2) is 9.97 Å². The van der Waals surface area contributed by atoms with Crippen molar-refractivity contribution in [2.24, 2.45) is 0 Å². The van der Waals surface area contributed by atoms with Crippen LogP contribution in [0.4, 0.5) is 0 Å². The van der Waals surface area contributed by atoms with Crippen LogP contribution in [0, 0.1) is 0 Å². The third-order valence-corrected chi connectivity index (χ3v) is 2.96. The summed E-state index contributed by atoms with van der Waals surface area (Å²) >= 11 is 23.2. The number of pyridine rings is 2. The Hall–Kier alpha value is -0.580.